The smallest absolute Gasteiger partial charge is 0.416 e. The number of hydrogen-bond donors (Lipinski definition) is 1. The molecule has 12 heteroatoms. The molecule has 33 heavy (non-hydrogen) atoms. The Balaban J connectivity index is 2.35. The van der Waals surface area contributed by atoms with Crippen LogP contribution in [0.1, 0.15) is 18.1 Å². The van der Waals surface area contributed by atoms with Gasteiger partial charge in [-0.25, -0.2) is 4.79 Å². The minimum atomic E-state index is -4.71. The number of alkyl halides is 3. The molecule has 0 fully saturated rings. The van der Waals surface area contributed by atoms with Crippen molar-refractivity contribution in [1.29, 1.82) is 0 Å². The highest BCUT2D eigenvalue weighted by Crippen LogP contribution is 2.34. The standard InChI is InChI=1S/C21H25F3N2O6S/c1-4-25-20(27)26(10-11-30-2)14-15-8-9-18(31-3)19(12-15)32-33(28,29)17-7-5-6-16(13-17)21(22,23)24/h5-9,12-13H,4,10-11,14H2,1-3H3,(H,25,27). The Morgan fingerprint density at radius 3 is 2.42 bits per heavy atom. The molecule has 2 aromatic carbocycles. The van der Waals surface area contributed by atoms with E-state index in [2.05, 4.69) is 5.32 Å². The summed E-state index contributed by atoms with van der Waals surface area (Å²) in [7, 11) is -1.82. The molecule has 2 amide bonds. The third-order valence-corrected chi connectivity index (χ3v) is 5.66. The maximum atomic E-state index is 13.0. The molecule has 2 rings (SSSR count). The van der Waals surface area contributed by atoms with Gasteiger partial charge in [0.2, 0.25) is 0 Å². The Morgan fingerprint density at radius 1 is 1.09 bits per heavy atom. The molecule has 0 radical (unpaired) electrons. The van der Waals surface area contributed by atoms with Gasteiger partial charge in [-0.15, -0.1) is 0 Å². The number of amides is 2. The minimum absolute atomic E-state index is 0.0516. The molecular formula is C21H25F3N2O6S. The van der Waals surface area contributed by atoms with Gasteiger partial charge in [0.05, 0.1) is 19.3 Å². The zero-order chi connectivity index (χ0) is 24.6. The molecular weight excluding hydrogens is 465 g/mol. The summed E-state index contributed by atoms with van der Waals surface area (Å²) in [5, 5.41) is 2.68. The van der Waals surface area contributed by atoms with Gasteiger partial charge in [0, 0.05) is 26.7 Å². The molecule has 0 aliphatic heterocycles. The molecule has 0 saturated heterocycles. The molecule has 182 valence electrons. The van der Waals surface area contributed by atoms with Gasteiger partial charge in [0.1, 0.15) is 4.90 Å². The predicted molar refractivity (Wildman–Crippen MR) is 114 cm³/mol. The lowest BCUT2D eigenvalue weighted by molar-refractivity contribution is -0.137. The summed E-state index contributed by atoms with van der Waals surface area (Å²) in [6.45, 7) is 2.83. The van der Waals surface area contributed by atoms with Gasteiger partial charge in [0.25, 0.3) is 0 Å². The van der Waals surface area contributed by atoms with Crippen molar-refractivity contribution in [2.24, 2.45) is 0 Å². The van der Waals surface area contributed by atoms with E-state index in [1.807, 2.05) is 0 Å². The zero-order valence-corrected chi connectivity index (χ0v) is 19.1. The van der Waals surface area contributed by atoms with Crippen LogP contribution >= 0.6 is 0 Å². The van der Waals surface area contributed by atoms with E-state index in [0.717, 1.165) is 18.2 Å². The van der Waals surface area contributed by atoms with E-state index in [1.165, 1.54) is 31.3 Å². The number of carbonyl (C=O) groups is 1. The Morgan fingerprint density at radius 2 is 1.82 bits per heavy atom. The largest absolute Gasteiger partial charge is 0.493 e. The monoisotopic (exact) mass is 490 g/mol. The third-order valence-electron chi connectivity index (χ3n) is 4.43. The second-order valence-corrected chi connectivity index (χ2v) is 8.34. The summed E-state index contributed by atoms with van der Waals surface area (Å²) in [6.07, 6.45) is -4.71. The highest BCUT2D eigenvalue weighted by atomic mass is 32.2. The Hall–Kier alpha value is -2.99. The van der Waals surface area contributed by atoms with Crippen LogP contribution in [0.25, 0.3) is 0 Å². The van der Waals surface area contributed by atoms with Gasteiger partial charge >= 0.3 is 22.3 Å². The van der Waals surface area contributed by atoms with Gasteiger partial charge in [0.15, 0.2) is 11.5 Å². The number of hydrogen-bond acceptors (Lipinski definition) is 6. The SMILES string of the molecule is CCNC(=O)N(CCOC)Cc1ccc(OC)c(OS(=O)(=O)c2cccc(C(F)(F)F)c2)c1. The lowest BCUT2D eigenvalue weighted by Gasteiger charge is -2.23. The van der Waals surface area contributed by atoms with E-state index in [-0.39, 0.29) is 37.2 Å². The average molecular weight is 491 g/mol. The molecule has 0 spiro atoms. The lowest BCUT2D eigenvalue weighted by Crippen LogP contribution is -2.41. The molecule has 0 aliphatic rings. The zero-order valence-electron chi connectivity index (χ0n) is 18.3. The molecule has 0 aromatic heterocycles. The quantitative estimate of drug-likeness (QED) is 0.511. The Bertz CT molecular complexity index is 1060. The fourth-order valence-corrected chi connectivity index (χ4v) is 3.80. The summed E-state index contributed by atoms with van der Waals surface area (Å²) < 4.78 is 79.6. The first-order valence-electron chi connectivity index (χ1n) is 9.82. The number of nitrogens with zero attached hydrogens (tertiary/aromatic N) is 1. The van der Waals surface area contributed by atoms with E-state index in [4.69, 9.17) is 13.7 Å². The molecule has 2 aromatic rings. The number of nitrogens with one attached hydrogen (secondary N) is 1. The van der Waals surface area contributed by atoms with Crippen molar-refractivity contribution in [3.63, 3.8) is 0 Å². The Labute approximate surface area is 190 Å². The number of halogens is 3. The van der Waals surface area contributed by atoms with Crippen LogP contribution in [0.2, 0.25) is 0 Å². The summed E-state index contributed by atoms with van der Waals surface area (Å²) >= 11 is 0. The minimum Gasteiger partial charge on any atom is -0.493 e. The van der Waals surface area contributed by atoms with E-state index in [0.29, 0.717) is 18.2 Å². The number of methoxy groups -OCH3 is 2. The summed E-state index contributed by atoms with van der Waals surface area (Å²) in [4.78, 5) is 13.1. The van der Waals surface area contributed by atoms with Gasteiger partial charge in [-0.2, -0.15) is 21.6 Å². The highest BCUT2D eigenvalue weighted by Gasteiger charge is 2.32. The van der Waals surface area contributed by atoms with Crippen molar-refractivity contribution in [2.75, 3.05) is 33.9 Å². The second-order valence-electron chi connectivity index (χ2n) is 6.80. The number of urea groups is 1. The molecule has 0 saturated carbocycles. The third kappa shape index (κ3) is 7.26. The van der Waals surface area contributed by atoms with Crippen molar-refractivity contribution in [2.45, 2.75) is 24.5 Å². The van der Waals surface area contributed by atoms with E-state index >= 15 is 0 Å². The van der Waals surface area contributed by atoms with Gasteiger partial charge in [-0.3, -0.25) is 0 Å². The van der Waals surface area contributed by atoms with E-state index < -0.39 is 26.8 Å². The maximum absolute atomic E-state index is 13.0. The summed E-state index contributed by atoms with van der Waals surface area (Å²) in [6, 6.07) is 7.30. The fourth-order valence-electron chi connectivity index (χ4n) is 2.82. The predicted octanol–water partition coefficient (Wildman–Crippen LogP) is 3.66. The van der Waals surface area contributed by atoms with Gasteiger partial charge in [-0.1, -0.05) is 12.1 Å². The first-order valence-corrected chi connectivity index (χ1v) is 11.2. The molecule has 0 heterocycles. The second kappa shape index (κ2) is 11.2. The van der Waals surface area contributed by atoms with Gasteiger partial charge in [-0.05, 0) is 42.8 Å². The molecule has 0 aliphatic carbocycles. The van der Waals surface area contributed by atoms with E-state index in [9.17, 15) is 26.4 Å². The van der Waals surface area contributed by atoms with Crippen molar-refractivity contribution < 1.29 is 40.0 Å². The van der Waals surface area contributed by atoms with Crippen molar-refractivity contribution in [3.05, 3.63) is 53.6 Å². The molecule has 1 N–H and O–H groups in total. The lowest BCUT2D eigenvalue weighted by atomic mass is 10.2. The van der Waals surface area contributed by atoms with Crippen LogP contribution in [0.3, 0.4) is 0 Å². The number of benzene rings is 2. The van der Waals surface area contributed by atoms with Crippen LogP contribution in [0.5, 0.6) is 11.5 Å². The molecule has 0 unspecified atom stereocenters. The van der Waals surface area contributed by atoms with Crippen LogP contribution in [-0.2, 0) is 27.6 Å². The Kier molecular flexibility index (Phi) is 8.94. The van der Waals surface area contributed by atoms with Crippen LogP contribution in [0.4, 0.5) is 18.0 Å². The maximum Gasteiger partial charge on any atom is 0.416 e. The summed E-state index contributed by atoms with van der Waals surface area (Å²) in [5.74, 6) is -0.175. The first-order chi connectivity index (χ1) is 15.5. The van der Waals surface area contributed by atoms with Crippen LogP contribution < -0.4 is 14.2 Å². The molecule has 0 atom stereocenters. The highest BCUT2D eigenvalue weighted by molar-refractivity contribution is 7.87. The van der Waals surface area contributed by atoms with Crippen molar-refractivity contribution in [3.8, 4) is 11.5 Å². The van der Waals surface area contributed by atoms with Crippen LogP contribution in [0, 0.1) is 0 Å². The first kappa shape index (κ1) is 26.3. The fraction of sp³-hybridized carbons (Fsp3) is 0.381. The molecule has 0 bridgehead atoms. The van der Waals surface area contributed by atoms with Crippen molar-refractivity contribution >= 4 is 16.1 Å². The van der Waals surface area contributed by atoms with Crippen LogP contribution in [0.15, 0.2) is 47.4 Å². The van der Waals surface area contributed by atoms with Gasteiger partial charge < -0.3 is 23.9 Å². The van der Waals surface area contributed by atoms with Crippen molar-refractivity contribution in [1.82, 2.24) is 10.2 Å². The molecule has 8 nitrogen and oxygen atoms in total. The van der Waals surface area contributed by atoms with E-state index in [1.54, 1.807) is 13.0 Å². The summed E-state index contributed by atoms with van der Waals surface area (Å²) in [5.41, 5.74) is -0.615. The van der Waals surface area contributed by atoms with Crippen LogP contribution in [-0.4, -0.2) is 53.3 Å². The number of rotatable bonds is 10. The number of ether oxygens (including phenoxy) is 2. The topological polar surface area (TPSA) is 94.2 Å². The normalized spacial score (nSPS) is 11.7. The average Bonchev–Trinajstić information content (AvgIpc) is 2.76. The number of carbonyl (C=O) groups excluding carboxylic acids is 1.